The number of halogens is 1. The summed E-state index contributed by atoms with van der Waals surface area (Å²) in [6, 6.07) is 6.09. The number of rotatable bonds is 9. The number of hydrogen-bond acceptors (Lipinski definition) is 7. The van der Waals surface area contributed by atoms with E-state index in [9.17, 15) is 19.7 Å². The molecule has 0 saturated heterocycles. The van der Waals surface area contributed by atoms with E-state index in [2.05, 4.69) is 5.32 Å². The molecule has 2 aromatic carbocycles. The predicted molar refractivity (Wildman–Crippen MR) is 120 cm³/mol. The number of methoxy groups -OCH3 is 1. The van der Waals surface area contributed by atoms with Gasteiger partial charge in [0, 0.05) is 12.1 Å². The van der Waals surface area contributed by atoms with Gasteiger partial charge in [-0.2, -0.15) is 0 Å². The molecule has 9 nitrogen and oxygen atoms in total. The smallest absolute Gasteiger partial charge is 0.331 e. The van der Waals surface area contributed by atoms with Gasteiger partial charge in [-0.15, -0.1) is 0 Å². The normalized spacial score (nSPS) is 10.7. The summed E-state index contributed by atoms with van der Waals surface area (Å²) in [7, 11) is 1.47. The van der Waals surface area contributed by atoms with Crippen LogP contribution in [-0.2, 0) is 14.3 Å². The summed E-state index contributed by atoms with van der Waals surface area (Å²) in [4.78, 5) is 34.7. The summed E-state index contributed by atoms with van der Waals surface area (Å²) in [5, 5.41) is 13.9. The molecule has 0 aliphatic carbocycles. The first kappa shape index (κ1) is 24.7. The molecule has 0 heterocycles. The number of carbonyl (C=O) groups excluding carboxylic acids is 2. The number of aryl methyl sites for hydroxylation is 2. The van der Waals surface area contributed by atoms with Crippen LogP contribution in [-0.4, -0.2) is 37.1 Å². The van der Waals surface area contributed by atoms with Gasteiger partial charge in [-0.1, -0.05) is 11.6 Å². The average Bonchev–Trinajstić information content (AvgIpc) is 2.73. The molecule has 1 amide bonds. The Hall–Kier alpha value is -3.59. The van der Waals surface area contributed by atoms with Crippen LogP contribution in [0.4, 0.5) is 11.4 Å². The largest absolute Gasteiger partial charge is 0.491 e. The summed E-state index contributed by atoms with van der Waals surface area (Å²) in [5.74, 6) is -0.681. The lowest BCUT2D eigenvalue weighted by atomic mass is 10.1. The Morgan fingerprint density at radius 1 is 1.19 bits per heavy atom. The molecule has 2 rings (SSSR count). The third kappa shape index (κ3) is 6.45. The maximum Gasteiger partial charge on any atom is 0.331 e. The Bertz CT molecular complexity index is 1070. The Morgan fingerprint density at radius 2 is 1.88 bits per heavy atom. The van der Waals surface area contributed by atoms with Crippen LogP contribution in [0.5, 0.6) is 11.5 Å². The van der Waals surface area contributed by atoms with E-state index in [1.54, 1.807) is 26.0 Å². The van der Waals surface area contributed by atoms with Gasteiger partial charge in [0.15, 0.2) is 18.1 Å². The molecule has 0 aliphatic rings. The first-order valence-corrected chi connectivity index (χ1v) is 9.94. The van der Waals surface area contributed by atoms with Crippen LogP contribution in [0.3, 0.4) is 0 Å². The summed E-state index contributed by atoms with van der Waals surface area (Å²) in [6.07, 6.45) is 2.57. The Labute approximate surface area is 190 Å². The van der Waals surface area contributed by atoms with Crippen LogP contribution >= 0.6 is 11.6 Å². The van der Waals surface area contributed by atoms with Crippen molar-refractivity contribution in [2.75, 3.05) is 25.6 Å². The number of ether oxygens (including phenoxy) is 3. The topological polar surface area (TPSA) is 117 Å². The highest BCUT2D eigenvalue weighted by atomic mass is 35.5. The van der Waals surface area contributed by atoms with E-state index in [0.717, 1.165) is 17.2 Å². The number of nitrogens with one attached hydrogen (secondary N) is 1. The van der Waals surface area contributed by atoms with E-state index in [4.69, 9.17) is 25.8 Å². The number of nitro groups is 1. The summed E-state index contributed by atoms with van der Waals surface area (Å²) >= 11 is 6.17. The molecule has 1 N–H and O–H groups in total. The van der Waals surface area contributed by atoms with Crippen molar-refractivity contribution in [3.05, 3.63) is 62.2 Å². The third-order valence-electron chi connectivity index (χ3n) is 4.38. The lowest BCUT2D eigenvalue weighted by Crippen LogP contribution is -2.20. The number of benzene rings is 2. The number of amides is 1. The zero-order valence-corrected chi connectivity index (χ0v) is 18.8. The van der Waals surface area contributed by atoms with Crippen LogP contribution < -0.4 is 14.8 Å². The van der Waals surface area contributed by atoms with E-state index < -0.39 is 23.4 Å². The molecule has 0 radical (unpaired) electrons. The monoisotopic (exact) mass is 462 g/mol. The van der Waals surface area contributed by atoms with Crippen molar-refractivity contribution in [1.29, 1.82) is 0 Å². The van der Waals surface area contributed by atoms with Crippen molar-refractivity contribution in [3.63, 3.8) is 0 Å². The second-order valence-electron chi connectivity index (χ2n) is 6.67. The van der Waals surface area contributed by atoms with Crippen molar-refractivity contribution in [1.82, 2.24) is 0 Å². The van der Waals surface area contributed by atoms with Gasteiger partial charge in [-0.25, -0.2) is 4.79 Å². The number of nitrogens with zero attached hydrogens (tertiary/aromatic N) is 1. The standard InChI is InChI=1S/C22H23ClN2O7/c1-5-31-19-11-15(10-16(23)22(19)30-4)6-7-21(27)32-12-20(26)24-17-8-13(2)14(3)9-18(17)25(28)29/h6-11H,5,12H2,1-4H3,(H,24,26)/b7-6+. The molecular formula is C22H23ClN2O7. The van der Waals surface area contributed by atoms with Crippen LogP contribution in [0.25, 0.3) is 6.08 Å². The van der Waals surface area contributed by atoms with Crippen LogP contribution in [0.15, 0.2) is 30.3 Å². The van der Waals surface area contributed by atoms with E-state index in [1.807, 2.05) is 6.92 Å². The van der Waals surface area contributed by atoms with Gasteiger partial charge in [-0.05, 0) is 61.7 Å². The molecule has 2 aromatic rings. The number of nitro benzene ring substituents is 1. The minimum atomic E-state index is -0.778. The van der Waals surface area contributed by atoms with Crippen LogP contribution in [0, 0.1) is 24.0 Å². The van der Waals surface area contributed by atoms with Crippen LogP contribution in [0.1, 0.15) is 23.6 Å². The lowest BCUT2D eigenvalue weighted by molar-refractivity contribution is -0.384. The summed E-state index contributed by atoms with van der Waals surface area (Å²) in [5.41, 5.74) is 1.85. The van der Waals surface area contributed by atoms with Gasteiger partial charge in [-0.3, -0.25) is 14.9 Å². The number of anilines is 1. The van der Waals surface area contributed by atoms with E-state index >= 15 is 0 Å². The van der Waals surface area contributed by atoms with Crippen molar-refractivity contribution in [3.8, 4) is 11.5 Å². The van der Waals surface area contributed by atoms with E-state index in [0.29, 0.717) is 28.7 Å². The molecule has 0 atom stereocenters. The van der Waals surface area contributed by atoms with Crippen molar-refractivity contribution in [2.24, 2.45) is 0 Å². The van der Waals surface area contributed by atoms with Gasteiger partial charge in [0.05, 0.1) is 23.7 Å². The summed E-state index contributed by atoms with van der Waals surface area (Å²) < 4.78 is 15.6. The molecule has 0 aliphatic heterocycles. The Morgan fingerprint density at radius 3 is 2.50 bits per heavy atom. The Kier molecular flexibility index (Phi) is 8.60. The van der Waals surface area contributed by atoms with Gasteiger partial charge in [0.25, 0.3) is 11.6 Å². The first-order chi connectivity index (χ1) is 15.2. The second-order valence-corrected chi connectivity index (χ2v) is 7.07. The molecule has 0 saturated carbocycles. The number of carbonyl (C=O) groups is 2. The van der Waals surface area contributed by atoms with Crippen LogP contribution in [0.2, 0.25) is 5.02 Å². The summed E-state index contributed by atoms with van der Waals surface area (Å²) in [6.45, 7) is 5.10. The maximum atomic E-state index is 12.1. The molecule has 32 heavy (non-hydrogen) atoms. The highest BCUT2D eigenvalue weighted by Gasteiger charge is 2.18. The zero-order chi connectivity index (χ0) is 23.8. The highest BCUT2D eigenvalue weighted by Crippen LogP contribution is 2.36. The molecule has 170 valence electrons. The second kappa shape index (κ2) is 11.1. The van der Waals surface area contributed by atoms with E-state index in [1.165, 1.54) is 25.3 Å². The highest BCUT2D eigenvalue weighted by molar-refractivity contribution is 6.32. The van der Waals surface area contributed by atoms with Crippen molar-refractivity contribution in [2.45, 2.75) is 20.8 Å². The fourth-order valence-electron chi connectivity index (χ4n) is 2.73. The SMILES string of the molecule is CCOc1cc(/C=C/C(=O)OCC(=O)Nc2cc(C)c(C)cc2[N+](=O)[O-])cc(Cl)c1OC. The molecule has 0 bridgehead atoms. The van der Waals surface area contributed by atoms with Crippen molar-refractivity contribution >= 4 is 40.9 Å². The molecule has 0 spiro atoms. The fraction of sp³-hybridized carbons (Fsp3) is 0.273. The minimum Gasteiger partial charge on any atom is -0.491 e. The molecule has 0 fully saturated rings. The number of esters is 1. The van der Waals surface area contributed by atoms with Crippen molar-refractivity contribution < 1.29 is 28.7 Å². The predicted octanol–water partition coefficient (Wildman–Crippen LogP) is 4.47. The molecular weight excluding hydrogens is 440 g/mol. The zero-order valence-electron chi connectivity index (χ0n) is 18.1. The average molecular weight is 463 g/mol. The minimum absolute atomic E-state index is 0.0334. The van der Waals surface area contributed by atoms with Gasteiger partial charge >= 0.3 is 5.97 Å². The van der Waals surface area contributed by atoms with Gasteiger partial charge in [0.2, 0.25) is 0 Å². The molecule has 10 heteroatoms. The number of hydrogen-bond donors (Lipinski definition) is 1. The first-order valence-electron chi connectivity index (χ1n) is 9.56. The Balaban J connectivity index is 2.02. The molecule has 0 unspecified atom stereocenters. The van der Waals surface area contributed by atoms with Gasteiger partial charge in [0.1, 0.15) is 5.69 Å². The quantitative estimate of drug-likeness (QED) is 0.253. The third-order valence-corrected chi connectivity index (χ3v) is 4.66. The fourth-order valence-corrected chi connectivity index (χ4v) is 3.03. The maximum absolute atomic E-state index is 12.1. The molecule has 0 aromatic heterocycles. The van der Waals surface area contributed by atoms with Gasteiger partial charge < -0.3 is 19.5 Å². The lowest BCUT2D eigenvalue weighted by Gasteiger charge is -2.11. The van der Waals surface area contributed by atoms with E-state index in [-0.39, 0.29) is 11.4 Å².